The maximum atomic E-state index is 12.4. The molecule has 3 unspecified atom stereocenters. The quantitative estimate of drug-likeness (QED) is 0.793. The van der Waals surface area contributed by atoms with Crippen LogP contribution in [0.15, 0.2) is 18.2 Å². The Kier molecular flexibility index (Phi) is 3.03. The zero-order valence-corrected chi connectivity index (χ0v) is 12.2. The van der Waals surface area contributed by atoms with E-state index < -0.39 is 0 Å². The molecule has 0 N–H and O–H groups in total. The van der Waals surface area contributed by atoms with Gasteiger partial charge in [0.1, 0.15) is 6.04 Å². The molecule has 1 aromatic carbocycles. The van der Waals surface area contributed by atoms with Crippen LogP contribution in [0.3, 0.4) is 0 Å². The molecule has 0 saturated carbocycles. The summed E-state index contributed by atoms with van der Waals surface area (Å²) in [5.74, 6) is 1.93. The Morgan fingerprint density at radius 3 is 3.00 bits per heavy atom. The van der Waals surface area contributed by atoms with Gasteiger partial charge in [0.05, 0.1) is 0 Å². The van der Waals surface area contributed by atoms with Crippen LogP contribution in [-0.2, 0) is 11.3 Å². The Bertz CT molecular complexity index is 575. The zero-order chi connectivity index (χ0) is 14.4. The maximum Gasteiger partial charge on any atom is 0.241 e. The van der Waals surface area contributed by atoms with E-state index in [4.69, 9.17) is 9.47 Å². The number of fused-ring (bicyclic) bond motifs is 1. The van der Waals surface area contributed by atoms with Crippen molar-refractivity contribution >= 4 is 5.91 Å². The summed E-state index contributed by atoms with van der Waals surface area (Å²) in [4.78, 5) is 16.7. The average Bonchev–Trinajstić information content (AvgIpc) is 2.88. The summed E-state index contributed by atoms with van der Waals surface area (Å²) >= 11 is 0. The Morgan fingerprint density at radius 2 is 2.19 bits per heavy atom. The summed E-state index contributed by atoms with van der Waals surface area (Å²) in [5, 5.41) is 0. The molecule has 3 atom stereocenters. The van der Waals surface area contributed by atoms with Crippen molar-refractivity contribution in [1.29, 1.82) is 0 Å². The van der Waals surface area contributed by atoms with Crippen molar-refractivity contribution in [3.63, 3.8) is 0 Å². The minimum atomic E-state index is 0.0796. The first-order chi connectivity index (χ1) is 10.2. The molecular weight excluding hydrogens is 268 g/mol. The van der Waals surface area contributed by atoms with Crippen molar-refractivity contribution in [2.45, 2.75) is 38.4 Å². The first-order valence-electron chi connectivity index (χ1n) is 7.65. The molecular formula is C16H20N2O3. The van der Waals surface area contributed by atoms with Crippen molar-refractivity contribution in [3.05, 3.63) is 23.8 Å². The van der Waals surface area contributed by atoms with E-state index in [9.17, 15) is 4.79 Å². The van der Waals surface area contributed by atoms with Gasteiger partial charge in [0.15, 0.2) is 11.5 Å². The van der Waals surface area contributed by atoms with Crippen LogP contribution in [0.5, 0.6) is 11.5 Å². The van der Waals surface area contributed by atoms with Gasteiger partial charge in [-0.1, -0.05) is 6.07 Å². The van der Waals surface area contributed by atoms with Gasteiger partial charge < -0.3 is 14.4 Å². The summed E-state index contributed by atoms with van der Waals surface area (Å²) in [5.41, 5.74) is 1.17. The second-order valence-electron chi connectivity index (χ2n) is 6.16. The van der Waals surface area contributed by atoms with Gasteiger partial charge in [-0.2, -0.15) is 0 Å². The monoisotopic (exact) mass is 288 g/mol. The first-order valence-corrected chi connectivity index (χ1v) is 7.65. The van der Waals surface area contributed by atoms with E-state index in [2.05, 4.69) is 11.8 Å². The number of nitrogens with zero attached hydrogens (tertiary/aromatic N) is 2. The van der Waals surface area contributed by atoms with Crippen LogP contribution in [0.4, 0.5) is 0 Å². The molecule has 0 spiro atoms. The minimum Gasteiger partial charge on any atom is -0.454 e. The molecule has 3 heterocycles. The molecule has 3 aliphatic heterocycles. The molecule has 5 heteroatoms. The third-order valence-corrected chi connectivity index (χ3v) is 4.66. The van der Waals surface area contributed by atoms with E-state index in [0.29, 0.717) is 18.7 Å². The third-order valence-electron chi connectivity index (χ3n) is 4.66. The van der Waals surface area contributed by atoms with Gasteiger partial charge in [0.2, 0.25) is 12.7 Å². The summed E-state index contributed by atoms with van der Waals surface area (Å²) in [7, 11) is 0. The summed E-state index contributed by atoms with van der Waals surface area (Å²) in [6, 6.07) is 6.49. The van der Waals surface area contributed by atoms with Crippen molar-refractivity contribution < 1.29 is 14.3 Å². The lowest BCUT2D eigenvalue weighted by Gasteiger charge is -2.21. The van der Waals surface area contributed by atoms with Crippen LogP contribution >= 0.6 is 0 Å². The number of likely N-dealkylation sites (tertiary alicyclic amines) is 1. The fraction of sp³-hybridized carbons (Fsp3) is 0.562. The largest absolute Gasteiger partial charge is 0.454 e. The SMILES string of the molecule is CC1CCCN1C(=O)C1CN1Cc1ccc2c(c1)OCO2. The fourth-order valence-corrected chi connectivity index (χ4v) is 3.31. The molecule has 2 saturated heterocycles. The van der Waals surface area contributed by atoms with E-state index in [-0.39, 0.29) is 6.04 Å². The Morgan fingerprint density at radius 1 is 1.33 bits per heavy atom. The van der Waals surface area contributed by atoms with Gasteiger partial charge in [-0.25, -0.2) is 0 Å². The Hall–Kier alpha value is -1.75. The number of carbonyl (C=O) groups excluding carboxylic acids is 1. The molecule has 0 radical (unpaired) electrons. The minimum absolute atomic E-state index is 0.0796. The lowest BCUT2D eigenvalue weighted by Crippen LogP contribution is -2.37. The molecule has 4 rings (SSSR count). The highest BCUT2D eigenvalue weighted by molar-refractivity contribution is 5.85. The summed E-state index contributed by atoms with van der Waals surface area (Å²) in [6.07, 6.45) is 2.28. The molecule has 2 fully saturated rings. The van der Waals surface area contributed by atoms with Crippen molar-refractivity contribution in [2.75, 3.05) is 19.9 Å². The van der Waals surface area contributed by atoms with Gasteiger partial charge in [0, 0.05) is 25.7 Å². The lowest BCUT2D eigenvalue weighted by molar-refractivity contribution is -0.131. The Labute approximate surface area is 124 Å². The van der Waals surface area contributed by atoms with E-state index in [0.717, 1.165) is 44.0 Å². The maximum absolute atomic E-state index is 12.4. The summed E-state index contributed by atoms with van der Waals surface area (Å²) in [6.45, 7) is 5.05. The van der Waals surface area contributed by atoms with Crippen LogP contribution in [-0.4, -0.2) is 47.7 Å². The third kappa shape index (κ3) is 2.35. The topological polar surface area (TPSA) is 41.8 Å². The van der Waals surface area contributed by atoms with E-state index in [1.54, 1.807) is 0 Å². The van der Waals surface area contributed by atoms with Gasteiger partial charge >= 0.3 is 0 Å². The molecule has 3 aliphatic rings. The van der Waals surface area contributed by atoms with E-state index in [1.807, 2.05) is 23.1 Å². The van der Waals surface area contributed by atoms with Crippen molar-refractivity contribution in [1.82, 2.24) is 9.80 Å². The highest BCUT2D eigenvalue weighted by atomic mass is 16.7. The van der Waals surface area contributed by atoms with Crippen LogP contribution in [0, 0.1) is 0 Å². The van der Waals surface area contributed by atoms with Gasteiger partial charge in [-0.15, -0.1) is 0 Å². The predicted molar refractivity (Wildman–Crippen MR) is 77.2 cm³/mol. The number of hydrogen-bond donors (Lipinski definition) is 0. The van der Waals surface area contributed by atoms with Crippen molar-refractivity contribution in [2.24, 2.45) is 0 Å². The van der Waals surface area contributed by atoms with Crippen LogP contribution in [0.2, 0.25) is 0 Å². The average molecular weight is 288 g/mol. The highest BCUT2D eigenvalue weighted by Gasteiger charge is 2.44. The van der Waals surface area contributed by atoms with Crippen LogP contribution in [0.25, 0.3) is 0 Å². The molecule has 0 aromatic heterocycles. The lowest BCUT2D eigenvalue weighted by atomic mass is 10.2. The number of amides is 1. The number of ether oxygens (including phenoxy) is 2. The number of hydrogen-bond acceptors (Lipinski definition) is 4. The van der Waals surface area contributed by atoms with E-state index in [1.165, 1.54) is 5.56 Å². The number of carbonyl (C=O) groups is 1. The summed E-state index contributed by atoms with van der Waals surface area (Å²) < 4.78 is 10.7. The molecule has 1 aromatic rings. The Balaban J connectivity index is 1.38. The number of rotatable bonds is 3. The fourth-order valence-electron chi connectivity index (χ4n) is 3.31. The highest BCUT2D eigenvalue weighted by Crippen LogP contribution is 2.34. The standard InChI is InChI=1S/C16H20N2O3/c1-11-3-2-6-18(11)16(19)13-9-17(13)8-12-4-5-14-15(7-12)21-10-20-14/h4-5,7,11,13H,2-3,6,8-10H2,1H3. The second-order valence-corrected chi connectivity index (χ2v) is 6.16. The second kappa shape index (κ2) is 4.91. The molecule has 0 bridgehead atoms. The van der Waals surface area contributed by atoms with Gasteiger partial charge in [-0.05, 0) is 37.5 Å². The van der Waals surface area contributed by atoms with Crippen LogP contribution < -0.4 is 9.47 Å². The molecule has 0 aliphatic carbocycles. The van der Waals surface area contributed by atoms with Gasteiger partial charge in [-0.3, -0.25) is 9.69 Å². The van der Waals surface area contributed by atoms with Crippen molar-refractivity contribution in [3.8, 4) is 11.5 Å². The number of benzene rings is 1. The zero-order valence-electron chi connectivity index (χ0n) is 12.2. The normalized spacial score (nSPS) is 29.8. The first kappa shape index (κ1) is 13.0. The predicted octanol–water partition coefficient (Wildman–Crippen LogP) is 1.61. The molecule has 5 nitrogen and oxygen atoms in total. The molecule has 21 heavy (non-hydrogen) atoms. The molecule has 112 valence electrons. The van der Waals surface area contributed by atoms with Crippen LogP contribution in [0.1, 0.15) is 25.3 Å². The van der Waals surface area contributed by atoms with E-state index >= 15 is 0 Å². The van der Waals surface area contributed by atoms with Gasteiger partial charge in [0.25, 0.3) is 0 Å². The smallest absolute Gasteiger partial charge is 0.241 e. The molecule has 1 amide bonds.